The smallest absolute Gasteiger partial charge is 0.254 e. The number of nitrogens with one attached hydrogen (secondary N) is 1. The fraction of sp³-hybridized carbons (Fsp3) is 0.519. The van der Waals surface area contributed by atoms with Crippen molar-refractivity contribution in [2.75, 3.05) is 13.1 Å². The van der Waals surface area contributed by atoms with Gasteiger partial charge in [-0.15, -0.1) is 0 Å². The molecule has 2 aliphatic rings. The second-order valence-corrected chi connectivity index (χ2v) is 10.1. The second kappa shape index (κ2) is 11.3. The molecule has 6 nitrogen and oxygen atoms in total. The van der Waals surface area contributed by atoms with Crippen molar-refractivity contribution >= 4 is 28.7 Å². The van der Waals surface area contributed by atoms with Crippen molar-refractivity contribution in [3.63, 3.8) is 0 Å². The summed E-state index contributed by atoms with van der Waals surface area (Å²) >= 11 is 1.52. The van der Waals surface area contributed by atoms with Crippen molar-refractivity contribution in [2.24, 2.45) is 4.99 Å². The molecule has 0 radical (unpaired) electrons. The topological polar surface area (TPSA) is 65.0 Å². The molecule has 2 heterocycles. The highest BCUT2D eigenvalue weighted by molar-refractivity contribution is 8.16. The van der Waals surface area contributed by atoms with Crippen LogP contribution in [0.3, 0.4) is 0 Å². The van der Waals surface area contributed by atoms with Crippen LogP contribution in [0.15, 0.2) is 51.6 Å². The van der Waals surface area contributed by atoms with Gasteiger partial charge in [-0.1, -0.05) is 56.8 Å². The van der Waals surface area contributed by atoms with Gasteiger partial charge in [-0.2, -0.15) is 0 Å². The Kier molecular flexibility index (Phi) is 8.63. The Morgan fingerprint density at radius 2 is 1.76 bits per heavy atom. The van der Waals surface area contributed by atoms with Gasteiger partial charge in [0.15, 0.2) is 5.17 Å². The molecule has 0 saturated heterocycles. The summed E-state index contributed by atoms with van der Waals surface area (Å²) in [6, 6.07) is 8.32. The lowest BCUT2D eigenvalue weighted by atomic mass is 9.91. The highest BCUT2D eigenvalue weighted by Crippen LogP contribution is 2.45. The average Bonchev–Trinajstić information content (AvgIpc) is 3.20. The van der Waals surface area contributed by atoms with E-state index < -0.39 is 0 Å². The number of nitrogens with zero attached hydrogens (tertiary/aromatic N) is 3. The third-order valence-corrected chi connectivity index (χ3v) is 7.45. The molecule has 1 N–H and O–H groups in total. The number of amidine groups is 1. The van der Waals surface area contributed by atoms with Crippen LogP contribution in [0.25, 0.3) is 0 Å². The monoisotopic (exact) mass is 482 g/mol. The number of allylic oxidation sites excluding steroid dienone is 1. The first-order valence-corrected chi connectivity index (χ1v) is 13.2. The molecule has 0 aliphatic carbocycles. The van der Waals surface area contributed by atoms with E-state index in [1.165, 1.54) is 17.3 Å². The van der Waals surface area contributed by atoms with Crippen molar-refractivity contribution in [3.8, 4) is 0 Å². The first-order valence-electron chi connectivity index (χ1n) is 12.3. The molecule has 7 heteroatoms. The summed E-state index contributed by atoms with van der Waals surface area (Å²) in [6.07, 6.45) is 1.13. The lowest BCUT2D eigenvalue weighted by Crippen LogP contribution is -2.42. The molecule has 1 aromatic carbocycles. The van der Waals surface area contributed by atoms with Gasteiger partial charge in [0.05, 0.1) is 23.7 Å². The molecule has 2 atom stereocenters. The molecule has 3 rings (SSSR count). The van der Waals surface area contributed by atoms with E-state index in [4.69, 9.17) is 4.99 Å². The zero-order valence-electron chi connectivity index (χ0n) is 21.5. The van der Waals surface area contributed by atoms with Crippen LogP contribution in [-0.4, -0.2) is 45.9 Å². The SMILES string of the molecule is CCC(C)NC(=O)CC1=CSC2=NC(C)=C(C(=O)N(CC)CC)C(c3ccc(C(C)C)cc3)N12. The summed E-state index contributed by atoms with van der Waals surface area (Å²) in [4.78, 5) is 35.2. The Bertz CT molecular complexity index is 1010. The number of rotatable bonds is 9. The summed E-state index contributed by atoms with van der Waals surface area (Å²) < 4.78 is 0. The van der Waals surface area contributed by atoms with E-state index in [2.05, 4.69) is 55.3 Å². The Morgan fingerprint density at radius 3 is 2.32 bits per heavy atom. The normalized spacial score (nSPS) is 18.5. The van der Waals surface area contributed by atoms with E-state index in [-0.39, 0.29) is 30.3 Å². The van der Waals surface area contributed by atoms with Gasteiger partial charge >= 0.3 is 0 Å². The zero-order valence-corrected chi connectivity index (χ0v) is 22.3. The molecule has 0 aromatic heterocycles. The highest BCUT2D eigenvalue weighted by Gasteiger charge is 2.41. The van der Waals surface area contributed by atoms with E-state index in [1.54, 1.807) is 0 Å². The number of aliphatic imine (C=N–C) groups is 1. The minimum absolute atomic E-state index is 0.00328. The second-order valence-electron chi connectivity index (χ2n) is 9.25. The maximum Gasteiger partial charge on any atom is 0.254 e. The number of amides is 2. The number of fused-ring (bicyclic) bond motifs is 1. The number of carbonyl (C=O) groups is 2. The molecule has 0 bridgehead atoms. The minimum Gasteiger partial charge on any atom is -0.353 e. The summed E-state index contributed by atoms with van der Waals surface area (Å²) in [7, 11) is 0. The predicted molar refractivity (Wildman–Crippen MR) is 141 cm³/mol. The van der Waals surface area contributed by atoms with Gasteiger partial charge in [-0.25, -0.2) is 4.99 Å². The number of carbonyl (C=O) groups excluding carboxylic acids is 2. The molecular formula is C27H38N4O2S. The summed E-state index contributed by atoms with van der Waals surface area (Å²) in [5.74, 6) is 0.413. The molecule has 0 spiro atoms. The summed E-state index contributed by atoms with van der Waals surface area (Å²) in [6.45, 7) is 15.6. The van der Waals surface area contributed by atoms with Crippen LogP contribution in [0.1, 0.15) is 84.4 Å². The number of likely N-dealkylation sites (N-methyl/N-ethyl adjacent to an activating group) is 1. The standard InChI is InChI=1S/C27H38N4O2S/c1-8-18(6)28-23(32)15-22-16-34-27-29-19(7)24(26(33)30(9-2)10-3)25(31(22)27)21-13-11-20(12-14-21)17(4)5/h11-14,16-18,25H,8-10,15H2,1-7H3,(H,28,32). The third-order valence-electron chi connectivity index (χ3n) is 6.56. The lowest BCUT2D eigenvalue weighted by molar-refractivity contribution is -0.127. The molecule has 2 amide bonds. The van der Waals surface area contributed by atoms with E-state index in [1.807, 2.05) is 38.0 Å². The fourth-order valence-electron chi connectivity index (χ4n) is 4.30. The molecule has 1 aromatic rings. The molecule has 2 unspecified atom stereocenters. The van der Waals surface area contributed by atoms with Crippen molar-refractivity contribution < 1.29 is 9.59 Å². The van der Waals surface area contributed by atoms with Crippen LogP contribution in [-0.2, 0) is 9.59 Å². The summed E-state index contributed by atoms with van der Waals surface area (Å²) in [5.41, 5.74) is 4.58. The van der Waals surface area contributed by atoms with Crippen molar-refractivity contribution in [1.29, 1.82) is 0 Å². The molecule has 0 saturated carbocycles. The van der Waals surface area contributed by atoms with Crippen LogP contribution in [0.4, 0.5) is 0 Å². The first kappa shape index (κ1) is 26.1. The number of hydrogen-bond donors (Lipinski definition) is 1. The first-order chi connectivity index (χ1) is 16.2. The van der Waals surface area contributed by atoms with E-state index in [0.29, 0.717) is 24.6 Å². The molecule has 34 heavy (non-hydrogen) atoms. The Morgan fingerprint density at radius 1 is 1.12 bits per heavy atom. The minimum atomic E-state index is -0.320. The van der Waals surface area contributed by atoms with Gasteiger partial charge in [0.2, 0.25) is 5.91 Å². The van der Waals surface area contributed by atoms with Crippen molar-refractivity contribution in [2.45, 2.75) is 79.3 Å². The van der Waals surface area contributed by atoms with Gasteiger partial charge in [0.25, 0.3) is 5.91 Å². The van der Waals surface area contributed by atoms with E-state index in [0.717, 1.165) is 28.5 Å². The van der Waals surface area contributed by atoms with Gasteiger partial charge in [0.1, 0.15) is 0 Å². The molecule has 184 valence electrons. The summed E-state index contributed by atoms with van der Waals surface area (Å²) in [5, 5.41) is 5.88. The fourth-order valence-corrected chi connectivity index (χ4v) is 5.26. The van der Waals surface area contributed by atoms with Crippen molar-refractivity contribution in [1.82, 2.24) is 15.1 Å². The maximum atomic E-state index is 13.7. The Labute approximate surface area is 208 Å². The van der Waals surface area contributed by atoms with Gasteiger partial charge in [0, 0.05) is 24.8 Å². The Balaban J connectivity index is 2.05. The van der Waals surface area contributed by atoms with Gasteiger partial charge in [-0.3, -0.25) is 9.59 Å². The third kappa shape index (κ3) is 5.40. The average molecular weight is 483 g/mol. The van der Waals surface area contributed by atoms with Crippen LogP contribution >= 0.6 is 11.8 Å². The largest absolute Gasteiger partial charge is 0.353 e. The van der Waals surface area contributed by atoms with Crippen LogP contribution in [0.5, 0.6) is 0 Å². The number of benzene rings is 1. The highest BCUT2D eigenvalue weighted by atomic mass is 32.2. The number of hydrogen-bond acceptors (Lipinski definition) is 5. The van der Waals surface area contributed by atoms with Gasteiger partial charge in [-0.05, 0) is 56.6 Å². The molecule has 0 fully saturated rings. The van der Waals surface area contributed by atoms with Crippen LogP contribution < -0.4 is 5.32 Å². The number of thioether (sulfide) groups is 1. The zero-order chi connectivity index (χ0) is 25.0. The van der Waals surface area contributed by atoms with E-state index in [9.17, 15) is 9.59 Å². The predicted octanol–water partition coefficient (Wildman–Crippen LogP) is 5.56. The molecular weight excluding hydrogens is 444 g/mol. The maximum absolute atomic E-state index is 13.7. The molecule has 2 aliphatic heterocycles. The quantitative estimate of drug-likeness (QED) is 0.501. The Hall–Kier alpha value is -2.54. The van der Waals surface area contributed by atoms with Gasteiger partial charge < -0.3 is 15.1 Å². The van der Waals surface area contributed by atoms with Crippen LogP contribution in [0, 0.1) is 0 Å². The van der Waals surface area contributed by atoms with Crippen molar-refractivity contribution in [3.05, 3.63) is 57.8 Å². The lowest BCUT2D eigenvalue weighted by Gasteiger charge is -2.38. The van der Waals surface area contributed by atoms with E-state index >= 15 is 0 Å². The van der Waals surface area contributed by atoms with Crippen LogP contribution in [0.2, 0.25) is 0 Å².